The normalized spacial score (nSPS) is 23.9. The Bertz CT molecular complexity index is 388. The highest BCUT2D eigenvalue weighted by atomic mass is 35.5. The first-order valence-electron chi connectivity index (χ1n) is 5.65. The van der Waals surface area contributed by atoms with Crippen LogP contribution in [0.4, 0.5) is 11.4 Å². The molecule has 0 saturated heterocycles. The van der Waals surface area contributed by atoms with Crippen LogP contribution in [0.2, 0.25) is 10.0 Å². The quantitative estimate of drug-likeness (QED) is 0.829. The summed E-state index contributed by atoms with van der Waals surface area (Å²) in [5.74, 6) is 0. The predicted octanol–water partition coefficient (Wildman–Crippen LogP) is 3.56. The van der Waals surface area contributed by atoms with E-state index in [-0.39, 0.29) is 12.1 Å². The molecule has 2 rings (SSSR count). The van der Waals surface area contributed by atoms with Crippen LogP contribution in [0.25, 0.3) is 0 Å². The van der Waals surface area contributed by atoms with Crippen molar-refractivity contribution in [3.8, 4) is 0 Å². The molecule has 0 bridgehead atoms. The number of ether oxygens (including phenoxy) is 1. The largest absolute Gasteiger partial charge is 0.399 e. The maximum atomic E-state index is 6.14. The Hall–Kier alpha value is -0.640. The van der Waals surface area contributed by atoms with Crippen LogP contribution in [-0.4, -0.2) is 19.3 Å². The van der Waals surface area contributed by atoms with Gasteiger partial charge in [0.2, 0.25) is 0 Å². The minimum atomic E-state index is 0.222. The van der Waals surface area contributed by atoms with E-state index in [4.69, 9.17) is 33.7 Å². The molecule has 5 heteroatoms. The molecule has 1 aromatic carbocycles. The molecule has 3 nitrogen and oxygen atoms in total. The van der Waals surface area contributed by atoms with Gasteiger partial charge in [-0.2, -0.15) is 0 Å². The lowest BCUT2D eigenvalue weighted by atomic mass is 10.2. The summed E-state index contributed by atoms with van der Waals surface area (Å²) in [4.78, 5) is 0. The van der Waals surface area contributed by atoms with Crippen molar-refractivity contribution < 1.29 is 4.74 Å². The zero-order valence-electron chi connectivity index (χ0n) is 9.67. The van der Waals surface area contributed by atoms with Crippen molar-refractivity contribution in [1.82, 2.24) is 0 Å². The van der Waals surface area contributed by atoms with Crippen molar-refractivity contribution >= 4 is 34.6 Å². The third-order valence-electron chi connectivity index (χ3n) is 3.15. The summed E-state index contributed by atoms with van der Waals surface area (Å²) < 4.78 is 5.43. The Balaban J connectivity index is 2.18. The fourth-order valence-corrected chi connectivity index (χ4v) is 2.90. The monoisotopic (exact) mass is 274 g/mol. The second-order valence-electron chi connectivity index (χ2n) is 4.32. The summed E-state index contributed by atoms with van der Waals surface area (Å²) in [6.07, 6.45) is 3.51. The van der Waals surface area contributed by atoms with Gasteiger partial charge >= 0.3 is 0 Å². The Morgan fingerprint density at radius 3 is 2.53 bits per heavy atom. The first-order valence-corrected chi connectivity index (χ1v) is 6.41. The summed E-state index contributed by atoms with van der Waals surface area (Å²) >= 11 is 12.3. The van der Waals surface area contributed by atoms with Gasteiger partial charge in [-0.3, -0.25) is 0 Å². The molecule has 94 valence electrons. The molecule has 17 heavy (non-hydrogen) atoms. The molecule has 1 saturated carbocycles. The fraction of sp³-hybridized carbons (Fsp3) is 0.500. The Labute approximate surface area is 111 Å². The maximum absolute atomic E-state index is 6.14. The van der Waals surface area contributed by atoms with Gasteiger partial charge in [0.1, 0.15) is 0 Å². The molecule has 1 aliphatic rings. The molecule has 0 aromatic heterocycles. The van der Waals surface area contributed by atoms with Crippen LogP contribution in [0.3, 0.4) is 0 Å². The molecule has 1 aliphatic carbocycles. The van der Waals surface area contributed by atoms with Crippen molar-refractivity contribution in [3.63, 3.8) is 0 Å². The molecule has 1 aromatic rings. The van der Waals surface area contributed by atoms with E-state index in [1.807, 2.05) is 0 Å². The van der Waals surface area contributed by atoms with E-state index in [1.54, 1.807) is 19.2 Å². The lowest BCUT2D eigenvalue weighted by molar-refractivity contribution is 0.101. The molecular weight excluding hydrogens is 259 g/mol. The van der Waals surface area contributed by atoms with Gasteiger partial charge in [-0.25, -0.2) is 0 Å². The van der Waals surface area contributed by atoms with Crippen LogP contribution < -0.4 is 11.1 Å². The second kappa shape index (κ2) is 5.34. The topological polar surface area (TPSA) is 47.3 Å². The third kappa shape index (κ3) is 2.79. The number of nitrogen functional groups attached to an aromatic ring is 1. The summed E-state index contributed by atoms with van der Waals surface area (Å²) in [5.41, 5.74) is 6.99. The van der Waals surface area contributed by atoms with Crippen LogP contribution in [0.1, 0.15) is 19.3 Å². The molecule has 0 aliphatic heterocycles. The summed E-state index contributed by atoms with van der Waals surface area (Å²) in [6, 6.07) is 3.66. The van der Waals surface area contributed by atoms with E-state index in [2.05, 4.69) is 5.32 Å². The molecule has 1 fully saturated rings. The summed E-state index contributed by atoms with van der Waals surface area (Å²) in [5, 5.41) is 4.47. The minimum Gasteiger partial charge on any atom is -0.399 e. The zero-order chi connectivity index (χ0) is 12.4. The van der Waals surface area contributed by atoms with Crippen LogP contribution >= 0.6 is 23.2 Å². The van der Waals surface area contributed by atoms with Crippen molar-refractivity contribution in [3.05, 3.63) is 22.2 Å². The molecule has 2 unspecified atom stereocenters. The van der Waals surface area contributed by atoms with Crippen molar-refractivity contribution in [2.24, 2.45) is 0 Å². The number of halogens is 2. The number of nitrogens with one attached hydrogen (secondary N) is 1. The molecule has 0 radical (unpaired) electrons. The zero-order valence-corrected chi connectivity index (χ0v) is 11.2. The second-order valence-corrected chi connectivity index (χ2v) is 5.13. The SMILES string of the molecule is COC1CCCC1Nc1c(Cl)cc(N)cc1Cl. The van der Waals surface area contributed by atoms with Crippen molar-refractivity contribution in [2.75, 3.05) is 18.2 Å². The number of benzene rings is 1. The number of rotatable bonds is 3. The first kappa shape index (κ1) is 12.8. The van der Waals surface area contributed by atoms with Gasteiger partial charge in [0, 0.05) is 12.8 Å². The molecule has 0 spiro atoms. The van der Waals surface area contributed by atoms with E-state index >= 15 is 0 Å². The third-order valence-corrected chi connectivity index (χ3v) is 3.75. The number of nitrogens with two attached hydrogens (primary N) is 1. The van der Waals surface area contributed by atoms with E-state index in [0.717, 1.165) is 24.9 Å². The molecule has 3 N–H and O–H groups in total. The Morgan fingerprint density at radius 1 is 1.29 bits per heavy atom. The smallest absolute Gasteiger partial charge is 0.0772 e. The van der Waals surface area contributed by atoms with Crippen molar-refractivity contribution in [2.45, 2.75) is 31.4 Å². The standard InChI is InChI=1S/C12H16Cl2N2O/c1-17-11-4-2-3-10(11)16-12-8(13)5-7(15)6-9(12)14/h5-6,10-11,16H,2-4,15H2,1H3. The van der Waals surface area contributed by atoms with Gasteiger partial charge < -0.3 is 15.8 Å². The van der Waals surface area contributed by atoms with E-state index in [0.29, 0.717) is 15.7 Å². The highest BCUT2D eigenvalue weighted by molar-refractivity contribution is 6.39. The molecule has 0 heterocycles. The van der Waals surface area contributed by atoms with Crippen LogP contribution in [0, 0.1) is 0 Å². The maximum Gasteiger partial charge on any atom is 0.0772 e. The predicted molar refractivity (Wildman–Crippen MR) is 72.9 cm³/mol. The van der Waals surface area contributed by atoms with Gasteiger partial charge in [0.05, 0.1) is 27.9 Å². The molecular formula is C12H16Cl2N2O. The molecule has 0 amide bonds. The summed E-state index contributed by atoms with van der Waals surface area (Å²) in [7, 11) is 1.73. The van der Waals surface area contributed by atoms with Crippen LogP contribution in [-0.2, 0) is 4.74 Å². The minimum absolute atomic E-state index is 0.222. The fourth-order valence-electron chi connectivity index (χ4n) is 2.29. The van der Waals surface area contributed by atoms with E-state index in [9.17, 15) is 0 Å². The first-order chi connectivity index (χ1) is 8.11. The Morgan fingerprint density at radius 2 is 1.94 bits per heavy atom. The van der Waals surface area contributed by atoms with Gasteiger partial charge in [-0.05, 0) is 31.4 Å². The van der Waals surface area contributed by atoms with Crippen LogP contribution in [0.15, 0.2) is 12.1 Å². The lowest BCUT2D eigenvalue weighted by Gasteiger charge is -2.22. The van der Waals surface area contributed by atoms with Crippen molar-refractivity contribution in [1.29, 1.82) is 0 Å². The number of hydrogen-bond donors (Lipinski definition) is 2. The van der Waals surface area contributed by atoms with Gasteiger partial charge in [-0.1, -0.05) is 23.2 Å². The highest BCUT2D eigenvalue weighted by Gasteiger charge is 2.27. The number of hydrogen-bond acceptors (Lipinski definition) is 3. The lowest BCUT2D eigenvalue weighted by Crippen LogP contribution is -2.29. The molecule has 2 atom stereocenters. The number of anilines is 2. The highest BCUT2D eigenvalue weighted by Crippen LogP contribution is 2.35. The van der Waals surface area contributed by atoms with Gasteiger partial charge in [-0.15, -0.1) is 0 Å². The van der Waals surface area contributed by atoms with E-state index < -0.39 is 0 Å². The van der Waals surface area contributed by atoms with Crippen LogP contribution in [0.5, 0.6) is 0 Å². The average Bonchev–Trinajstić information content (AvgIpc) is 2.70. The van der Waals surface area contributed by atoms with E-state index in [1.165, 1.54) is 0 Å². The van der Waals surface area contributed by atoms with Gasteiger partial charge in [0.25, 0.3) is 0 Å². The summed E-state index contributed by atoms with van der Waals surface area (Å²) in [6.45, 7) is 0. The average molecular weight is 275 g/mol. The van der Waals surface area contributed by atoms with Gasteiger partial charge in [0.15, 0.2) is 0 Å². The Kier molecular flexibility index (Phi) is 4.02. The number of methoxy groups -OCH3 is 1.